The van der Waals surface area contributed by atoms with Crippen molar-refractivity contribution in [2.24, 2.45) is 7.05 Å². The van der Waals surface area contributed by atoms with Crippen molar-refractivity contribution < 1.29 is 0 Å². The summed E-state index contributed by atoms with van der Waals surface area (Å²) in [5.74, 6) is 1.07. The van der Waals surface area contributed by atoms with E-state index in [1.807, 2.05) is 36.1 Å². The Morgan fingerprint density at radius 1 is 1.33 bits per heavy atom. The Morgan fingerprint density at radius 2 is 2.17 bits per heavy atom. The summed E-state index contributed by atoms with van der Waals surface area (Å²) in [5.41, 5.74) is 1.02. The van der Waals surface area contributed by atoms with E-state index < -0.39 is 0 Å². The Bertz CT molecular complexity index is 523. The van der Waals surface area contributed by atoms with Gasteiger partial charge in [-0.05, 0) is 23.8 Å². The highest BCUT2D eigenvalue weighted by Crippen LogP contribution is 2.20. The lowest BCUT2D eigenvalue weighted by molar-refractivity contribution is 0.655. The van der Waals surface area contributed by atoms with E-state index in [0.29, 0.717) is 11.6 Å². The largest absolute Gasteiger partial charge is 0.338 e. The molecule has 2 aromatic rings. The highest BCUT2D eigenvalue weighted by molar-refractivity contribution is 6.33. The maximum Gasteiger partial charge on any atom is 0.109 e. The molecule has 18 heavy (non-hydrogen) atoms. The maximum atomic E-state index is 6.08. The average molecular weight is 284 g/mol. The van der Waals surface area contributed by atoms with Gasteiger partial charge in [-0.15, -0.1) is 0 Å². The van der Waals surface area contributed by atoms with Gasteiger partial charge in [-0.1, -0.05) is 23.2 Å². The molecule has 1 aromatic heterocycles. The van der Waals surface area contributed by atoms with E-state index in [0.717, 1.165) is 29.4 Å². The van der Waals surface area contributed by atoms with Crippen LogP contribution in [0.3, 0.4) is 0 Å². The second-order valence-electron chi connectivity index (χ2n) is 4.12. The molecule has 0 saturated heterocycles. The summed E-state index contributed by atoms with van der Waals surface area (Å²) in [7, 11) is 2.00. The second kappa shape index (κ2) is 6.23. The minimum Gasteiger partial charge on any atom is -0.338 e. The normalized spacial score (nSPS) is 10.8. The fourth-order valence-corrected chi connectivity index (χ4v) is 2.12. The van der Waals surface area contributed by atoms with E-state index in [1.54, 1.807) is 6.07 Å². The van der Waals surface area contributed by atoms with Crippen LogP contribution >= 0.6 is 23.2 Å². The van der Waals surface area contributed by atoms with Crippen molar-refractivity contribution in [2.45, 2.75) is 13.0 Å². The van der Waals surface area contributed by atoms with Crippen LogP contribution in [0, 0.1) is 0 Å². The zero-order valence-electron chi connectivity index (χ0n) is 10.2. The van der Waals surface area contributed by atoms with E-state index in [2.05, 4.69) is 10.3 Å². The lowest BCUT2D eigenvalue weighted by atomic mass is 10.2. The van der Waals surface area contributed by atoms with Crippen LogP contribution in [0.1, 0.15) is 11.4 Å². The molecule has 0 aliphatic heterocycles. The lowest BCUT2D eigenvalue weighted by Gasteiger charge is -2.07. The summed E-state index contributed by atoms with van der Waals surface area (Å²) in [6.07, 6.45) is 4.65. The minimum atomic E-state index is 0.709. The van der Waals surface area contributed by atoms with Crippen LogP contribution in [0.25, 0.3) is 0 Å². The molecule has 0 amide bonds. The topological polar surface area (TPSA) is 29.9 Å². The van der Waals surface area contributed by atoms with E-state index in [1.165, 1.54) is 0 Å². The maximum absolute atomic E-state index is 6.08. The van der Waals surface area contributed by atoms with Gasteiger partial charge in [0.2, 0.25) is 0 Å². The van der Waals surface area contributed by atoms with Gasteiger partial charge in [0.1, 0.15) is 5.82 Å². The molecule has 3 nitrogen and oxygen atoms in total. The van der Waals surface area contributed by atoms with Crippen LogP contribution in [0.2, 0.25) is 10.0 Å². The van der Waals surface area contributed by atoms with Crippen LogP contribution in [0.5, 0.6) is 0 Å². The first-order valence-corrected chi connectivity index (χ1v) is 6.53. The Kier molecular flexibility index (Phi) is 4.64. The molecule has 0 aliphatic rings. The predicted molar refractivity (Wildman–Crippen MR) is 75.1 cm³/mol. The number of benzene rings is 1. The SMILES string of the molecule is Cn1ccnc1CCNCc1cc(Cl)ccc1Cl. The number of aromatic nitrogens is 2. The number of hydrogen-bond acceptors (Lipinski definition) is 2. The molecule has 1 heterocycles. The van der Waals surface area contributed by atoms with Gasteiger partial charge < -0.3 is 9.88 Å². The van der Waals surface area contributed by atoms with Gasteiger partial charge in [-0.25, -0.2) is 4.98 Å². The van der Waals surface area contributed by atoms with Crippen LogP contribution < -0.4 is 5.32 Å². The number of nitrogens with one attached hydrogen (secondary N) is 1. The van der Waals surface area contributed by atoms with E-state index in [-0.39, 0.29) is 0 Å². The molecule has 1 aromatic carbocycles. The summed E-state index contributed by atoms with van der Waals surface area (Å²) in [4.78, 5) is 4.27. The molecule has 0 atom stereocenters. The van der Waals surface area contributed by atoms with E-state index in [4.69, 9.17) is 23.2 Å². The Hall–Kier alpha value is -1.03. The summed E-state index contributed by atoms with van der Waals surface area (Å²) >= 11 is 12.0. The molecule has 1 N–H and O–H groups in total. The molecule has 0 bridgehead atoms. The van der Waals surface area contributed by atoms with Crippen LogP contribution in [-0.2, 0) is 20.0 Å². The Labute approximate surface area is 117 Å². The molecule has 0 aliphatic carbocycles. The predicted octanol–water partition coefficient (Wildman–Crippen LogP) is 3.06. The van der Waals surface area contributed by atoms with Crippen LogP contribution in [0.15, 0.2) is 30.6 Å². The molecule has 0 fully saturated rings. The number of nitrogens with zero attached hydrogens (tertiary/aromatic N) is 2. The third kappa shape index (κ3) is 3.48. The first kappa shape index (κ1) is 13.4. The lowest BCUT2D eigenvalue weighted by Crippen LogP contribution is -2.18. The van der Waals surface area contributed by atoms with Crippen molar-refractivity contribution >= 4 is 23.2 Å². The minimum absolute atomic E-state index is 0.709. The second-order valence-corrected chi connectivity index (χ2v) is 4.96. The number of halogens is 2. The average Bonchev–Trinajstić information content (AvgIpc) is 2.75. The standard InChI is InChI=1S/C13H15Cl2N3/c1-18-7-6-17-13(18)4-5-16-9-10-8-11(14)2-3-12(10)15/h2-3,6-8,16H,4-5,9H2,1H3. The van der Waals surface area contributed by atoms with Crippen molar-refractivity contribution in [3.05, 3.63) is 52.0 Å². The summed E-state index contributed by atoms with van der Waals surface area (Å²) in [6.45, 7) is 1.57. The van der Waals surface area contributed by atoms with E-state index in [9.17, 15) is 0 Å². The Morgan fingerprint density at radius 3 is 2.89 bits per heavy atom. The summed E-state index contributed by atoms with van der Waals surface area (Å²) < 4.78 is 2.02. The zero-order valence-corrected chi connectivity index (χ0v) is 11.7. The number of imidazole rings is 1. The van der Waals surface area contributed by atoms with Crippen molar-refractivity contribution in [1.82, 2.24) is 14.9 Å². The van der Waals surface area contributed by atoms with Crippen LogP contribution in [0.4, 0.5) is 0 Å². The number of aryl methyl sites for hydroxylation is 1. The van der Waals surface area contributed by atoms with Crippen LogP contribution in [-0.4, -0.2) is 16.1 Å². The number of rotatable bonds is 5. The van der Waals surface area contributed by atoms with Crippen molar-refractivity contribution in [1.29, 1.82) is 0 Å². The van der Waals surface area contributed by atoms with Gasteiger partial charge in [0.25, 0.3) is 0 Å². The monoisotopic (exact) mass is 283 g/mol. The molecule has 0 spiro atoms. The highest BCUT2D eigenvalue weighted by Gasteiger charge is 2.02. The van der Waals surface area contributed by atoms with Crippen molar-refractivity contribution in [3.8, 4) is 0 Å². The first-order valence-electron chi connectivity index (χ1n) is 5.77. The smallest absolute Gasteiger partial charge is 0.109 e. The molecule has 2 rings (SSSR count). The van der Waals surface area contributed by atoms with Gasteiger partial charge in [0.05, 0.1) is 0 Å². The van der Waals surface area contributed by atoms with Gasteiger partial charge in [-0.2, -0.15) is 0 Å². The summed E-state index contributed by atoms with van der Waals surface area (Å²) in [6, 6.07) is 5.50. The quantitative estimate of drug-likeness (QED) is 0.855. The fourth-order valence-electron chi connectivity index (χ4n) is 1.74. The molecule has 5 heteroatoms. The molecular formula is C13H15Cl2N3. The fraction of sp³-hybridized carbons (Fsp3) is 0.308. The molecule has 0 unspecified atom stereocenters. The zero-order chi connectivity index (χ0) is 13.0. The van der Waals surface area contributed by atoms with Gasteiger partial charge >= 0.3 is 0 Å². The Balaban J connectivity index is 1.82. The van der Waals surface area contributed by atoms with Crippen molar-refractivity contribution in [3.63, 3.8) is 0 Å². The van der Waals surface area contributed by atoms with Gasteiger partial charge in [0, 0.05) is 49.0 Å². The molecule has 0 saturated carbocycles. The first-order chi connectivity index (χ1) is 8.66. The molecule has 96 valence electrons. The van der Waals surface area contributed by atoms with Crippen molar-refractivity contribution in [2.75, 3.05) is 6.54 Å². The molecular weight excluding hydrogens is 269 g/mol. The van der Waals surface area contributed by atoms with E-state index >= 15 is 0 Å². The third-order valence-corrected chi connectivity index (χ3v) is 3.37. The highest BCUT2D eigenvalue weighted by atomic mass is 35.5. The van der Waals surface area contributed by atoms with Gasteiger partial charge in [0.15, 0.2) is 0 Å². The third-order valence-electron chi connectivity index (χ3n) is 2.77. The number of hydrogen-bond donors (Lipinski definition) is 1. The molecule has 0 radical (unpaired) electrons. The summed E-state index contributed by atoms with van der Waals surface area (Å²) in [5, 5.41) is 4.79. The van der Waals surface area contributed by atoms with Gasteiger partial charge in [-0.3, -0.25) is 0 Å².